The third kappa shape index (κ3) is 52.0. The summed E-state index contributed by atoms with van der Waals surface area (Å²) in [6.07, 6.45) is 18.4. The molecule has 2 rings (SSSR count). The van der Waals surface area contributed by atoms with E-state index in [4.69, 9.17) is 37.4 Å². The highest BCUT2D eigenvalue weighted by atomic mass is 31.3. The van der Waals surface area contributed by atoms with Gasteiger partial charge in [-0.15, -0.1) is 0 Å². The molecule has 0 spiro atoms. The molecule has 2 fully saturated rings. The van der Waals surface area contributed by atoms with Crippen molar-refractivity contribution < 1.29 is 163 Å². The van der Waals surface area contributed by atoms with Crippen molar-refractivity contribution in [3.8, 4) is 0 Å². The second kappa shape index (κ2) is 60.2. The topological polar surface area (TPSA) is 558 Å². The molecule has 2 aliphatic heterocycles. The number of nitrogens with one attached hydrogen (secondary N) is 2. The first-order chi connectivity index (χ1) is 57.5. The molecule has 17 N–H and O–H groups in total. The van der Waals surface area contributed by atoms with Crippen LogP contribution in [0.25, 0.3) is 0 Å². The van der Waals surface area contributed by atoms with E-state index in [0.717, 1.165) is 135 Å². The van der Waals surface area contributed by atoms with Crippen LogP contribution in [-0.4, -0.2) is 239 Å². The first kappa shape index (κ1) is 115. The van der Waals surface area contributed by atoms with Gasteiger partial charge < -0.3 is 100 Å². The van der Waals surface area contributed by atoms with Crippen molar-refractivity contribution in [1.82, 2.24) is 10.6 Å². The van der Waals surface area contributed by atoms with Crippen LogP contribution in [0, 0.1) is 0 Å². The summed E-state index contributed by atoms with van der Waals surface area (Å²) in [6.45, 7) is 18.1. The second-order valence-electron chi connectivity index (χ2n) is 31.6. The summed E-state index contributed by atoms with van der Waals surface area (Å²) in [5.41, 5.74) is 14.8. The minimum Gasteiger partial charge on any atom is -0.394 e. The van der Waals surface area contributed by atoms with Gasteiger partial charge in [0.05, 0.1) is 59.5 Å². The lowest BCUT2D eigenvalue weighted by atomic mass is 9.94. The largest absolute Gasteiger partial charge is 0.483 e. The molecule has 36 nitrogen and oxygen atoms in total. The summed E-state index contributed by atoms with van der Waals surface area (Å²) < 4.78 is 124. The normalized spacial score (nSPS) is 24.8. The van der Waals surface area contributed by atoms with Crippen molar-refractivity contribution in [3.05, 3.63) is 128 Å². The molecule has 2 saturated heterocycles. The lowest BCUT2D eigenvalue weighted by Crippen LogP contribution is -2.69. The van der Waals surface area contributed by atoms with E-state index >= 15 is 0 Å². The van der Waals surface area contributed by atoms with Crippen molar-refractivity contribution in [1.29, 1.82) is 0 Å². The summed E-state index contributed by atoms with van der Waals surface area (Å²) in [5, 5.41) is 107. The number of hydrogen-bond donors (Lipinski definition) is 17. The monoisotopic (exact) mass is 1850 g/mol. The molecule has 710 valence electrons. The molecule has 0 aromatic heterocycles. The Morgan fingerprint density at radius 3 is 0.976 bits per heavy atom. The van der Waals surface area contributed by atoms with Crippen LogP contribution in [0.15, 0.2) is 128 Å². The minimum absolute atomic E-state index is 0.530. The van der Waals surface area contributed by atoms with Crippen LogP contribution in [0.5, 0.6) is 0 Å². The number of carbonyl (C=O) groups excluding carboxylic acids is 2. The SMILES string of the molecule is CC(=O)N[C@@H]1[C@H](O[C@H]2[C@H](O)[C@@H](NC(C)=O)[C@@H](OP(=O)(O)OP(=O)(O)OC/C=C(/C)CC/C=C(/C)CC/C=C(/C)CC/C=C(/C)CC/C=C(/C)CC/C=C(/C)CC/C=C(/C)CC/C=C(/C)CC/C=C(\C)CC/C=C(\C)CCC=C(C)C)O[C@@H]2CO)O[C@H](CO)[C@@H](OP(=O)(O)OC[C@H](O)COP(=O)(O)OC[C@H](O)COP(=O)(O)OC[C@@H](O)[C@@H](O)[C@@H](O)CO)[C@@H]1O. The van der Waals surface area contributed by atoms with Gasteiger partial charge in [-0.25, -0.2) is 22.8 Å². The highest BCUT2D eigenvalue weighted by Crippen LogP contribution is 2.61. The summed E-state index contributed by atoms with van der Waals surface area (Å²) in [6, 6.07) is -3.91. The molecular weight excluding hydrogens is 1710 g/mol. The van der Waals surface area contributed by atoms with E-state index < -0.39 is 202 Å². The summed E-state index contributed by atoms with van der Waals surface area (Å²) in [7, 11) is -27.2. The molecule has 0 radical (unpaired) electrons. The number of phosphoric ester groups is 5. The number of amides is 2. The maximum absolute atomic E-state index is 13.4. The number of phosphoric acid groups is 5. The summed E-state index contributed by atoms with van der Waals surface area (Å²) in [5.74, 6) is -1.89. The molecule has 0 aromatic rings. The molecule has 2 amide bonds. The van der Waals surface area contributed by atoms with E-state index in [1.807, 2.05) is 6.92 Å². The number of allylic oxidation sites excluding steroid dienone is 21. The predicted molar refractivity (Wildman–Crippen MR) is 462 cm³/mol. The van der Waals surface area contributed by atoms with Gasteiger partial charge in [0.15, 0.2) is 12.6 Å². The molecule has 2 heterocycles. The van der Waals surface area contributed by atoms with Gasteiger partial charge in [-0.1, -0.05) is 128 Å². The van der Waals surface area contributed by atoms with Gasteiger partial charge in [0, 0.05) is 13.8 Å². The zero-order chi connectivity index (χ0) is 92.8. The molecular formula is C82H143N2O34P5. The molecule has 41 heteroatoms. The fraction of sp³-hybridized carbons (Fsp3) is 0.707. The zero-order valence-corrected chi connectivity index (χ0v) is 78.2. The van der Waals surface area contributed by atoms with Crippen LogP contribution >= 0.6 is 39.1 Å². The van der Waals surface area contributed by atoms with Crippen molar-refractivity contribution in [2.45, 2.75) is 317 Å². The number of rotatable bonds is 63. The third-order valence-corrected chi connectivity index (χ3v) is 25.1. The maximum atomic E-state index is 13.4. The van der Waals surface area contributed by atoms with Gasteiger partial charge in [-0.2, -0.15) is 4.31 Å². The fourth-order valence-corrected chi connectivity index (χ4v) is 17.0. The van der Waals surface area contributed by atoms with Crippen LogP contribution in [0.2, 0.25) is 0 Å². The van der Waals surface area contributed by atoms with Gasteiger partial charge in [-0.05, 0) is 212 Å². The van der Waals surface area contributed by atoms with Gasteiger partial charge in [0.25, 0.3) is 0 Å². The average molecular weight is 1860 g/mol. The molecule has 0 aromatic carbocycles. The van der Waals surface area contributed by atoms with Crippen LogP contribution in [0.4, 0.5) is 0 Å². The lowest BCUT2D eigenvalue weighted by molar-refractivity contribution is -0.324. The van der Waals surface area contributed by atoms with E-state index in [1.54, 1.807) is 6.92 Å². The predicted octanol–water partition coefficient (Wildman–Crippen LogP) is 11.6. The molecule has 0 bridgehead atoms. The van der Waals surface area contributed by atoms with Crippen molar-refractivity contribution in [2.24, 2.45) is 0 Å². The average Bonchev–Trinajstić information content (AvgIpc) is 0.767. The second-order valence-corrected chi connectivity index (χ2v) is 39.0. The highest BCUT2D eigenvalue weighted by Gasteiger charge is 2.55. The Kier molecular flexibility index (Phi) is 56.4. The zero-order valence-electron chi connectivity index (χ0n) is 73.7. The first-order valence-corrected chi connectivity index (χ1v) is 48.9. The first-order valence-electron chi connectivity index (χ1n) is 41.4. The Morgan fingerprint density at radius 2 is 0.650 bits per heavy atom. The van der Waals surface area contributed by atoms with E-state index in [-0.39, 0.29) is 0 Å². The van der Waals surface area contributed by atoms with Gasteiger partial charge >= 0.3 is 39.1 Å². The molecule has 123 heavy (non-hydrogen) atoms. The van der Waals surface area contributed by atoms with Crippen molar-refractivity contribution >= 4 is 50.9 Å². The fourth-order valence-electron chi connectivity index (χ4n) is 12.4. The lowest BCUT2D eigenvalue weighted by Gasteiger charge is -2.48. The number of ether oxygens (including phenoxy) is 3. The number of carbonyl (C=O) groups is 2. The Labute approximate surface area is 725 Å². The third-order valence-electron chi connectivity index (χ3n) is 19.6. The van der Waals surface area contributed by atoms with Gasteiger partial charge in [0.1, 0.15) is 79.2 Å². The van der Waals surface area contributed by atoms with Crippen LogP contribution in [0.3, 0.4) is 0 Å². The standard InChI is InChI=1S/C82H143N2O34P5/c1-55(2)25-15-26-56(3)27-16-28-57(4)29-17-30-58(5)31-18-32-59(6)33-19-34-60(7)35-20-36-61(8)37-21-38-62(9)39-22-40-63(10)41-23-42-64(11)43-24-44-65(12)45-46-107-122(103,104)118-123(105,106)117-82-75(84-67(14)89)77(95)79(72(48-86)114-82)115-81-74(83-66(13)88)78(96)80(73(49-87)113-81)116-121(101,102)111-53-69(91)52-109-119(97,98)108-50-68(90)51-110-120(99,100)112-54-71(93)76(94)70(92)47-85/h25,27,29,31,33,35,37,39,41,43,45,68-82,85-87,90-96H,15-24,26,28,30,32,34,36,38,40,42,44,46-54H2,1-14H3,(H,83,88)(H,84,89)(H,97,98)(H,99,100)(H,101,102)(H,103,104)(H,105,106)/b56-27+,57-29+,58-31-,59-33-,60-35-,61-37-,62-39-,63-41-,64-43-,65-45-/t68-,69+,70-,71+,72+,73+,74-,75+,76-,77+,78+,79+,80+,81-,82+/m0/s1. The molecule has 0 saturated carbocycles. The van der Waals surface area contributed by atoms with Gasteiger partial charge in [0.2, 0.25) is 11.8 Å². The van der Waals surface area contributed by atoms with Crippen molar-refractivity contribution in [2.75, 3.05) is 59.5 Å². The molecule has 2 aliphatic rings. The number of aliphatic hydroxyl groups is 10. The Balaban J connectivity index is 1.86. The molecule has 0 aliphatic carbocycles. The smallest absolute Gasteiger partial charge is 0.394 e. The Morgan fingerprint density at radius 1 is 0.358 bits per heavy atom. The molecule has 20 atom stereocenters. The van der Waals surface area contributed by atoms with E-state index in [1.165, 1.54) is 61.8 Å². The van der Waals surface area contributed by atoms with Crippen LogP contribution in [0.1, 0.15) is 225 Å². The minimum atomic E-state index is -5.82. The Hall–Kier alpha value is -3.85. The van der Waals surface area contributed by atoms with Gasteiger partial charge in [-0.3, -0.25) is 45.8 Å². The quantitative estimate of drug-likeness (QED) is 0.0199. The highest BCUT2D eigenvalue weighted by molar-refractivity contribution is 7.61. The summed E-state index contributed by atoms with van der Waals surface area (Å²) >= 11 is 0. The number of aliphatic hydroxyl groups excluding tert-OH is 10. The summed E-state index contributed by atoms with van der Waals surface area (Å²) in [4.78, 5) is 76.8. The van der Waals surface area contributed by atoms with Crippen molar-refractivity contribution in [3.63, 3.8) is 0 Å². The van der Waals surface area contributed by atoms with E-state index in [9.17, 15) is 103 Å². The molecule has 5 unspecified atom stereocenters. The Bertz CT molecular complexity index is 3800. The van der Waals surface area contributed by atoms with E-state index in [0.29, 0.717) is 12.8 Å². The maximum Gasteiger partial charge on any atom is 0.483 e. The number of hydrogen-bond acceptors (Lipinski definition) is 29. The van der Waals surface area contributed by atoms with Crippen LogP contribution < -0.4 is 10.6 Å². The van der Waals surface area contributed by atoms with E-state index in [2.05, 4.69) is 163 Å². The van der Waals surface area contributed by atoms with Crippen LogP contribution in [-0.2, 0) is 87.1 Å².